The second kappa shape index (κ2) is 12.8. The first-order valence-corrected chi connectivity index (χ1v) is 8.14. The van der Waals surface area contributed by atoms with Crippen LogP contribution < -0.4 is 5.32 Å². The molecule has 0 unspecified atom stereocenters. The molecule has 4 N–H and O–H groups in total. The molecular formula is C16H28N4O6. The molecule has 10 nitrogen and oxygen atoms in total. The van der Waals surface area contributed by atoms with Crippen LogP contribution in [0, 0.1) is 5.92 Å². The van der Waals surface area contributed by atoms with Crippen LogP contribution in [-0.4, -0.2) is 74.9 Å². The summed E-state index contributed by atoms with van der Waals surface area (Å²) in [6, 6.07) is 0.316. The second-order valence-electron chi connectivity index (χ2n) is 6.00. The molecule has 1 aromatic rings. The van der Waals surface area contributed by atoms with E-state index in [1.807, 2.05) is 17.8 Å². The maximum Gasteiger partial charge on any atom is 0.290 e. The van der Waals surface area contributed by atoms with Crippen molar-refractivity contribution in [3.63, 3.8) is 0 Å². The molecule has 2 rings (SSSR count). The van der Waals surface area contributed by atoms with E-state index in [0.29, 0.717) is 25.6 Å². The predicted molar refractivity (Wildman–Crippen MR) is 93.5 cm³/mol. The van der Waals surface area contributed by atoms with Gasteiger partial charge >= 0.3 is 0 Å². The Hall–Kier alpha value is -2.46. The lowest BCUT2D eigenvalue weighted by Crippen LogP contribution is -2.48. The van der Waals surface area contributed by atoms with Crippen LogP contribution in [-0.2, 0) is 20.9 Å². The number of aliphatic hydroxyl groups excluding tert-OH is 1. The van der Waals surface area contributed by atoms with Crippen molar-refractivity contribution in [1.29, 1.82) is 0 Å². The highest BCUT2D eigenvalue weighted by Gasteiger charge is 2.31. The van der Waals surface area contributed by atoms with E-state index in [9.17, 15) is 9.90 Å². The minimum atomic E-state index is -0.545. The molecule has 26 heavy (non-hydrogen) atoms. The smallest absolute Gasteiger partial charge is 0.290 e. The highest BCUT2D eigenvalue weighted by molar-refractivity contribution is 5.79. The van der Waals surface area contributed by atoms with Crippen molar-refractivity contribution in [2.75, 3.05) is 20.1 Å². The van der Waals surface area contributed by atoms with Crippen LogP contribution in [0.4, 0.5) is 0 Å². The first kappa shape index (κ1) is 23.5. The number of piperidine rings is 1. The number of nitrogens with zero attached hydrogens (tertiary/aromatic N) is 3. The van der Waals surface area contributed by atoms with E-state index in [0.717, 1.165) is 12.4 Å². The largest absolute Gasteiger partial charge is 0.483 e. The van der Waals surface area contributed by atoms with Gasteiger partial charge in [0.05, 0.1) is 18.6 Å². The third kappa shape index (κ3) is 8.08. The fraction of sp³-hybridized carbons (Fsp3) is 0.625. The minimum absolute atomic E-state index is 0.0950. The number of aliphatic hydroxyl groups is 1. The Morgan fingerprint density at radius 2 is 1.96 bits per heavy atom. The molecule has 0 spiro atoms. The van der Waals surface area contributed by atoms with Gasteiger partial charge in [-0.3, -0.25) is 14.4 Å². The normalized spacial score (nSPS) is 19.4. The fourth-order valence-corrected chi connectivity index (χ4v) is 2.61. The molecule has 10 heteroatoms. The number of imidazole rings is 1. The van der Waals surface area contributed by atoms with Crippen LogP contribution in [0.1, 0.15) is 32.1 Å². The Bertz CT molecular complexity index is 543. The Balaban J connectivity index is 0.000000918. The van der Waals surface area contributed by atoms with Crippen LogP contribution in [0.15, 0.2) is 12.4 Å². The standard InChI is InChI=1S/C14H24N4O2.2CH2O2/c1-10(2)18-7-5-15-13(18)8-16-14(20)11-9-17(3)6-4-12(11)19;2*2-1-3/h5,7,10-12,19H,4,6,8-9H2,1-3H3,(H,16,20);2*1H,(H,2,3)/t11-,12+;;/m1../s1. The lowest BCUT2D eigenvalue weighted by atomic mass is 9.94. The van der Waals surface area contributed by atoms with Gasteiger partial charge in [0.2, 0.25) is 5.91 Å². The maximum absolute atomic E-state index is 12.2. The van der Waals surface area contributed by atoms with Gasteiger partial charge in [-0.2, -0.15) is 0 Å². The highest BCUT2D eigenvalue weighted by atomic mass is 16.3. The zero-order valence-electron chi connectivity index (χ0n) is 15.3. The van der Waals surface area contributed by atoms with Crippen molar-refractivity contribution in [1.82, 2.24) is 19.8 Å². The number of hydrogen-bond donors (Lipinski definition) is 4. The number of carbonyl (C=O) groups is 3. The Morgan fingerprint density at radius 1 is 1.38 bits per heavy atom. The summed E-state index contributed by atoms with van der Waals surface area (Å²) in [4.78, 5) is 35.3. The molecule has 0 radical (unpaired) electrons. The third-order valence-electron chi connectivity index (χ3n) is 3.84. The number of rotatable bonds is 4. The molecule has 148 valence electrons. The zero-order chi connectivity index (χ0) is 20.1. The summed E-state index contributed by atoms with van der Waals surface area (Å²) in [5.74, 6) is 0.394. The summed E-state index contributed by atoms with van der Waals surface area (Å²) >= 11 is 0. The van der Waals surface area contributed by atoms with Gasteiger partial charge in [0, 0.05) is 31.5 Å². The summed E-state index contributed by atoms with van der Waals surface area (Å²) in [5, 5.41) is 26.6. The van der Waals surface area contributed by atoms with Gasteiger partial charge in [-0.05, 0) is 27.3 Å². The van der Waals surface area contributed by atoms with Crippen molar-refractivity contribution in [2.45, 2.75) is 39.0 Å². The molecule has 1 fully saturated rings. The molecule has 1 saturated heterocycles. The molecule has 1 aliphatic rings. The first-order valence-electron chi connectivity index (χ1n) is 8.14. The summed E-state index contributed by atoms with van der Waals surface area (Å²) in [6.45, 7) is 5.49. The number of nitrogens with one attached hydrogen (secondary N) is 1. The monoisotopic (exact) mass is 372 g/mol. The SMILES string of the molecule is CC(C)n1ccnc1CNC(=O)[C@@H]1CN(C)CC[C@@H]1O.O=CO.O=CO. The van der Waals surface area contributed by atoms with Crippen LogP contribution in [0.25, 0.3) is 0 Å². The van der Waals surface area contributed by atoms with Crippen LogP contribution in [0.3, 0.4) is 0 Å². The summed E-state index contributed by atoms with van der Waals surface area (Å²) in [7, 11) is 1.97. The van der Waals surface area contributed by atoms with E-state index in [1.54, 1.807) is 6.20 Å². The average Bonchev–Trinajstić information content (AvgIpc) is 3.05. The number of carboxylic acid groups (broad SMARTS) is 2. The van der Waals surface area contributed by atoms with E-state index in [4.69, 9.17) is 19.8 Å². The quantitative estimate of drug-likeness (QED) is 0.532. The summed E-state index contributed by atoms with van der Waals surface area (Å²) in [5.41, 5.74) is 0. The number of amides is 1. The van der Waals surface area contributed by atoms with Crippen molar-refractivity contribution in [3.8, 4) is 0 Å². The lowest BCUT2D eigenvalue weighted by molar-refractivity contribution is -0.131. The molecule has 1 aliphatic heterocycles. The van der Waals surface area contributed by atoms with Gasteiger partial charge in [0.15, 0.2) is 0 Å². The molecule has 0 aliphatic carbocycles. The first-order chi connectivity index (χ1) is 12.3. The van der Waals surface area contributed by atoms with E-state index in [-0.39, 0.29) is 24.8 Å². The zero-order valence-corrected chi connectivity index (χ0v) is 15.3. The predicted octanol–water partition coefficient (Wildman–Crippen LogP) is -0.206. The van der Waals surface area contributed by atoms with Crippen molar-refractivity contribution in [3.05, 3.63) is 18.2 Å². The number of hydrogen-bond acceptors (Lipinski definition) is 6. The number of carbonyl (C=O) groups excluding carboxylic acids is 1. The second-order valence-corrected chi connectivity index (χ2v) is 6.00. The molecule has 0 saturated carbocycles. The highest BCUT2D eigenvalue weighted by Crippen LogP contribution is 2.16. The Kier molecular flexibility index (Phi) is 11.6. The van der Waals surface area contributed by atoms with Gasteiger partial charge in [-0.15, -0.1) is 0 Å². The van der Waals surface area contributed by atoms with E-state index >= 15 is 0 Å². The fourth-order valence-electron chi connectivity index (χ4n) is 2.61. The van der Waals surface area contributed by atoms with E-state index in [2.05, 4.69) is 29.0 Å². The summed E-state index contributed by atoms with van der Waals surface area (Å²) in [6.07, 6.45) is 3.76. The summed E-state index contributed by atoms with van der Waals surface area (Å²) < 4.78 is 2.03. The topological polar surface area (TPSA) is 145 Å². The average molecular weight is 372 g/mol. The molecular weight excluding hydrogens is 344 g/mol. The third-order valence-corrected chi connectivity index (χ3v) is 3.84. The van der Waals surface area contributed by atoms with Crippen LogP contribution >= 0.6 is 0 Å². The Morgan fingerprint density at radius 3 is 2.50 bits per heavy atom. The van der Waals surface area contributed by atoms with Gasteiger partial charge < -0.3 is 30.1 Å². The van der Waals surface area contributed by atoms with Gasteiger partial charge in [0.25, 0.3) is 12.9 Å². The van der Waals surface area contributed by atoms with E-state index in [1.165, 1.54) is 0 Å². The van der Waals surface area contributed by atoms with E-state index < -0.39 is 6.10 Å². The van der Waals surface area contributed by atoms with Crippen LogP contribution in [0.2, 0.25) is 0 Å². The molecule has 2 atom stereocenters. The van der Waals surface area contributed by atoms with Gasteiger partial charge in [-0.25, -0.2) is 4.98 Å². The Labute approximate surface area is 152 Å². The molecule has 1 aromatic heterocycles. The van der Waals surface area contributed by atoms with Gasteiger partial charge in [0.1, 0.15) is 5.82 Å². The van der Waals surface area contributed by atoms with Crippen molar-refractivity contribution < 1.29 is 29.7 Å². The number of aromatic nitrogens is 2. The maximum atomic E-state index is 12.2. The van der Waals surface area contributed by atoms with Crippen molar-refractivity contribution >= 4 is 18.9 Å². The molecule has 0 bridgehead atoms. The van der Waals surface area contributed by atoms with Gasteiger partial charge in [-0.1, -0.05) is 0 Å². The molecule has 0 aromatic carbocycles. The molecule has 2 heterocycles. The lowest BCUT2D eigenvalue weighted by Gasteiger charge is -2.32. The molecule has 1 amide bonds. The van der Waals surface area contributed by atoms with Crippen LogP contribution in [0.5, 0.6) is 0 Å². The minimum Gasteiger partial charge on any atom is -0.483 e. The van der Waals surface area contributed by atoms with Crippen molar-refractivity contribution in [2.24, 2.45) is 5.92 Å². The number of likely N-dealkylation sites (tertiary alicyclic amines) is 1.